The van der Waals surface area contributed by atoms with E-state index < -0.39 is 5.41 Å². The van der Waals surface area contributed by atoms with Gasteiger partial charge in [0.1, 0.15) is 12.1 Å². The van der Waals surface area contributed by atoms with Crippen molar-refractivity contribution in [2.24, 2.45) is 11.3 Å². The Morgan fingerprint density at radius 3 is 2.25 bits per heavy atom. The number of carbonyl (C=O) groups excluding carboxylic acids is 2. The van der Waals surface area contributed by atoms with Gasteiger partial charge in [-0.05, 0) is 5.92 Å². The molecule has 0 radical (unpaired) electrons. The molecule has 2 heteroatoms. The molecule has 0 saturated carbocycles. The highest BCUT2D eigenvalue weighted by Gasteiger charge is 2.21. The van der Waals surface area contributed by atoms with Crippen LogP contribution >= 0.6 is 0 Å². The fourth-order valence-corrected chi connectivity index (χ4v) is 1.08. The Hall–Kier alpha value is -0.660. The number of hydrogen-bond acceptors (Lipinski definition) is 2. The summed E-state index contributed by atoms with van der Waals surface area (Å²) in [6.45, 7) is 7.59. The van der Waals surface area contributed by atoms with Gasteiger partial charge in [-0.3, -0.25) is 4.79 Å². The van der Waals surface area contributed by atoms with Crippen LogP contribution in [0.5, 0.6) is 0 Å². The molecule has 0 aliphatic carbocycles. The van der Waals surface area contributed by atoms with Crippen LogP contribution in [0.1, 0.15) is 40.5 Å². The van der Waals surface area contributed by atoms with Gasteiger partial charge in [0.05, 0.1) is 0 Å². The van der Waals surface area contributed by atoms with E-state index in [1.807, 2.05) is 13.8 Å². The summed E-state index contributed by atoms with van der Waals surface area (Å²) in [5.41, 5.74) is -0.480. The lowest BCUT2D eigenvalue weighted by atomic mass is 9.87. The molecule has 0 amide bonds. The molecule has 0 aromatic heterocycles. The maximum absolute atomic E-state index is 11.3. The van der Waals surface area contributed by atoms with Crippen LogP contribution in [-0.4, -0.2) is 12.1 Å². The van der Waals surface area contributed by atoms with E-state index in [4.69, 9.17) is 0 Å². The summed E-state index contributed by atoms with van der Waals surface area (Å²) in [5, 5.41) is 0. The van der Waals surface area contributed by atoms with E-state index in [-0.39, 0.29) is 5.78 Å². The van der Waals surface area contributed by atoms with Crippen LogP contribution in [0.25, 0.3) is 0 Å². The van der Waals surface area contributed by atoms with Crippen molar-refractivity contribution in [3.05, 3.63) is 0 Å². The van der Waals surface area contributed by atoms with Crippen molar-refractivity contribution < 1.29 is 9.59 Å². The van der Waals surface area contributed by atoms with Crippen LogP contribution in [0.4, 0.5) is 0 Å². The Bertz CT molecular complexity index is 169. The summed E-state index contributed by atoms with van der Waals surface area (Å²) in [5.74, 6) is 0.571. The third-order valence-corrected chi connectivity index (χ3v) is 1.61. The minimum atomic E-state index is -0.480. The first-order valence-electron chi connectivity index (χ1n) is 4.35. The topological polar surface area (TPSA) is 34.1 Å². The summed E-state index contributed by atoms with van der Waals surface area (Å²) < 4.78 is 0. The zero-order valence-corrected chi connectivity index (χ0v) is 8.39. The van der Waals surface area contributed by atoms with Crippen molar-refractivity contribution in [1.29, 1.82) is 0 Å². The number of rotatable bonds is 5. The second-order valence-electron chi connectivity index (χ2n) is 4.42. The first kappa shape index (κ1) is 11.3. The Balaban J connectivity index is 3.92. The van der Waals surface area contributed by atoms with Crippen LogP contribution in [0.15, 0.2) is 0 Å². The molecule has 0 bridgehead atoms. The second-order valence-corrected chi connectivity index (χ2v) is 4.42. The predicted molar refractivity (Wildman–Crippen MR) is 48.9 cm³/mol. The maximum Gasteiger partial charge on any atom is 0.134 e. The van der Waals surface area contributed by atoms with Crippen molar-refractivity contribution in [3.63, 3.8) is 0 Å². The minimum Gasteiger partial charge on any atom is -0.303 e. The van der Waals surface area contributed by atoms with Crippen LogP contribution < -0.4 is 0 Å². The van der Waals surface area contributed by atoms with E-state index in [9.17, 15) is 9.59 Å². The molecule has 2 nitrogen and oxygen atoms in total. The Labute approximate surface area is 74.3 Å². The molecule has 0 aromatic rings. The number of carbonyl (C=O) groups is 2. The monoisotopic (exact) mass is 170 g/mol. The van der Waals surface area contributed by atoms with E-state index in [1.54, 1.807) is 13.8 Å². The van der Waals surface area contributed by atoms with E-state index in [0.29, 0.717) is 18.8 Å². The lowest BCUT2D eigenvalue weighted by molar-refractivity contribution is -0.125. The highest BCUT2D eigenvalue weighted by Crippen LogP contribution is 2.19. The van der Waals surface area contributed by atoms with E-state index in [0.717, 1.165) is 6.29 Å². The van der Waals surface area contributed by atoms with Gasteiger partial charge in [0.25, 0.3) is 0 Å². The fourth-order valence-electron chi connectivity index (χ4n) is 1.08. The Kier molecular flexibility index (Phi) is 4.15. The predicted octanol–water partition coefficient (Wildman–Crippen LogP) is 2.22. The molecular formula is C10H18O2. The molecule has 0 fully saturated rings. The Morgan fingerprint density at radius 2 is 1.92 bits per heavy atom. The third-order valence-electron chi connectivity index (χ3n) is 1.61. The van der Waals surface area contributed by atoms with Crippen molar-refractivity contribution in [1.82, 2.24) is 0 Å². The van der Waals surface area contributed by atoms with E-state index in [1.165, 1.54) is 0 Å². The average Bonchev–Trinajstić information content (AvgIpc) is 1.84. The summed E-state index contributed by atoms with van der Waals surface area (Å²) in [4.78, 5) is 21.8. The van der Waals surface area contributed by atoms with Gasteiger partial charge in [-0.25, -0.2) is 0 Å². The van der Waals surface area contributed by atoms with E-state index >= 15 is 0 Å². The lowest BCUT2D eigenvalue weighted by Gasteiger charge is -2.15. The fraction of sp³-hybridized carbons (Fsp3) is 0.800. The first-order chi connectivity index (χ1) is 5.37. The van der Waals surface area contributed by atoms with Crippen LogP contribution in [-0.2, 0) is 9.59 Å². The zero-order valence-electron chi connectivity index (χ0n) is 8.39. The minimum absolute atomic E-state index is 0.183. The standard InChI is InChI=1S/C10H18O2/c1-8(2)5-9(12)6-10(3,4)7-11/h7-8H,5-6H2,1-4H3. The molecule has 0 spiro atoms. The highest BCUT2D eigenvalue weighted by atomic mass is 16.1. The molecule has 0 aliphatic heterocycles. The number of ketones is 1. The van der Waals surface area contributed by atoms with Gasteiger partial charge < -0.3 is 4.79 Å². The largest absolute Gasteiger partial charge is 0.303 e. The van der Waals surface area contributed by atoms with Crippen molar-refractivity contribution in [2.75, 3.05) is 0 Å². The molecule has 0 unspecified atom stereocenters. The van der Waals surface area contributed by atoms with Gasteiger partial charge in [-0.1, -0.05) is 27.7 Å². The zero-order chi connectivity index (χ0) is 9.78. The summed E-state index contributed by atoms with van der Waals surface area (Å²) in [7, 11) is 0. The number of Topliss-reactive ketones (excluding diaryl/α,β-unsaturated/α-hetero) is 1. The SMILES string of the molecule is CC(C)CC(=O)CC(C)(C)C=O. The average molecular weight is 170 g/mol. The molecule has 0 aliphatic rings. The molecule has 0 N–H and O–H groups in total. The number of hydrogen-bond donors (Lipinski definition) is 0. The van der Waals surface area contributed by atoms with Crippen LogP contribution in [0.3, 0.4) is 0 Å². The van der Waals surface area contributed by atoms with Gasteiger partial charge in [0.15, 0.2) is 0 Å². The normalized spacial score (nSPS) is 11.8. The molecule has 0 rings (SSSR count). The first-order valence-corrected chi connectivity index (χ1v) is 4.35. The smallest absolute Gasteiger partial charge is 0.134 e. The van der Waals surface area contributed by atoms with Gasteiger partial charge in [-0.2, -0.15) is 0 Å². The quantitative estimate of drug-likeness (QED) is 0.593. The summed E-state index contributed by atoms with van der Waals surface area (Å²) in [6, 6.07) is 0. The molecule has 70 valence electrons. The molecule has 0 atom stereocenters. The Morgan fingerprint density at radius 1 is 1.42 bits per heavy atom. The van der Waals surface area contributed by atoms with Crippen molar-refractivity contribution in [2.45, 2.75) is 40.5 Å². The molecule has 0 aromatic carbocycles. The van der Waals surface area contributed by atoms with Gasteiger partial charge >= 0.3 is 0 Å². The summed E-state index contributed by atoms with van der Waals surface area (Å²) in [6.07, 6.45) is 1.80. The van der Waals surface area contributed by atoms with Gasteiger partial charge in [0.2, 0.25) is 0 Å². The van der Waals surface area contributed by atoms with Gasteiger partial charge in [-0.15, -0.1) is 0 Å². The molecular weight excluding hydrogens is 152 g/mol. The second kappa shape index (κ2) is 4.39. The molecule has 0 saturated heterocycles. The van der Waals surface area contributed by atoms with Crippen molar-refractivity contribution in [3.8, 4) is 0 Å². The lowest BCUT2D eigenvalue weighted by Crippen LogP contribution is -2.19. The number of aldehydes is 1. The van der Waals surface area contributed by atoms with E-state index in [2.05, 4.69) is 0 Å². The molecule has 12 heavy (non-hydrogen) atoms. The molecule has 0 heterocycles. The van der Waals surface area contributed by atoms with Gasteiger partial charge in [0, 0.05) is 18.3 Å². The van der Waals surface area contributed by atoms with Crippen LogP contribution in [0.2, 0.25) is 0 Å². The maximum atomic E-state index is 11.3. The third kappa shape index (κ3) is 5.05. The van der Waals surface area contributed by atoms with Crippen LogP contribution in [0, 0.1) is 11.3 Å². The summed E-state index contributed by atoms with van der Waals surface area (Å²) >= 11 is 0. The highest BCUT2D eigenvalue weighted by molar-refractivity contribution is 5.82. The van der Waals surface area contributed by atoms with Crippen molar-refractivity contribution >= 4 is 12.1 Å².